The van der Waals surface area contributed by atoms with Crippen molar-refractivity contribution in [2.24, 2.45) is 0 Å². The monoisotopic (exact) mass is 241 g/mol. The number of rotatable bonds is 6. The summed E-state index contributed by atoms with van der Waals surface area (Å²) in [5.41, 5.74) is 1.03. The second-order valence-electron chi connectivity index (χ2n) is 3.95. The number of halogens is 1. The van der Waals surface area contributed by atoms with Gasteiger partial charge in [-0.05, 0) is 31.2 Å². The van der Waals surface area contributed by atoms with E-state index < -0.39 is 0 Å². The van der Waals surface area contributed by atoms with Crippen LogP contribution in [-0.2, 0) is 0 Å². The average molecular weight is 241 g/mol. The summed E-state index contributed by atoms with van der Waals surface area (Å²) < 4.78 is 13.1. The molecule has 1 rings (SSSR count). The first kappa shape index (κ1) is 13.5. The summed E-state index contributed by atoms with van der Waals surface area (Å²) in [6.45, 7) is 4.41. The highest BCUT2D eigenvalue weighted by Gasteiger charge is 2.11. The zero-order valence-corrected chi connectivity index (χ0v) is 11.0. The quantitative estimate of drug-likeness (QED) is 0.816. The molecule has 0 saturated carbocycles. The smallest absolute Gasteiger partial charge is 0.123 e. The highest BCUT2D eigenvalue weighted by atomic mass is 32.2. The third-order valence-corrected chi connectivity index (χ3v) is 4.15. The Morgan fingerprint density at radius 3 is 2.75 bits per heavy atom. The third kappa shape index (κ3) is 4.14. The standard InChI is InChI=1S/C13H20FNS/c1-4-10(2)16-9-13(15-3)11-6-5-7-12(14)8-11/h5-8,10,13,15H,4,9H2,1-3H3. The summed E-state index contributed by atoms with van der Waals surface area (Å²) in [6, 6.07) is 7.07. The lowest BCUT2D eigenvalue weighted by Crippen LogP contribution is -2.19. The fourth-order valence-electron chi connectivity index (χ4n) is 1.45. The molecule has 1 N–H and O–H groups in total. The zero-order chi connectivity index (χ0) is 12.0. The van der Waals surface area contributed by atoms with Crippen LogP contribution in [0.2, 0.25) is 0 Å². The summed E-state index contributed by atoms with van der Waals surface area (Å²) in [7, 11) is 1.92. The molecule has 0 radical (unpaired) electrons. The molecule has 16 heavy (non-hydrogen) atoms. The van der Waals surface area contributed by atoms with Crippen LogP contribution in [0.15, 0.2) is 24.3 Å². The van der Waals surface area contributed by atoms with Gasteiger partial charge in [-0.25, -0.2) is 4.39 Å². The first-order valence-electron chi connectivity index (χ1n) is 5.71. The SMILES string of the molecule is CCC(C)SCC(NC)c1cccc(F)c1. The average Bonchev–Trinajstić information content (AvgIpc) is 2.29. The first-order valence-corrected chi connectivity index (χ1v) is 6.76. The van der Waals surface area contributed by atoms with E-state index in [-0.39, 0.29) is 11.9 Å². The van der Waals surface area contributed by atoms with Gasteiger partial charge in [0, 0.05) is 17.0 Å². The fourth-order valence-corrected chi connectivity index (χ4v) is 2.56. The van der Waals surface area contributed by atoms with Gasteiger partial charge in [-0.3, -0.25) is 0 Å². The van der Waals surface area contributed by atoms with Gasteiger partial charge in [0.25, 0.3) is 0 Å². The molecule has 1 aromatic carbocycles. The van der Waals surface area contributed by atoms with Crippen LogP contribution in [0, 0.1) is 5.82 Å². The Balaban J connectivity index is 2.60. The van der Waals surface area contributed by atoms with E-state index in [1.807, 2.05) is 24.9 Å². The Morgan fingerprint density at radius 1 is 1.44 bits per heavy atom. The minimum atomic E-state index is -0.161. The van der Waals surface area contributed by atoms with E-state index in [1.165, 1.54) is 12.5 Å². The van der Waals surface area contributed by atoms with Gasteiger partial charge in [-0.15, -0.1) is 0 Å². The highest BCUT2D eigenvalue weighted by Crippen LogP contribution is 2.22. The van der Waals surface area contributed by atoms with Crippen molar-refractivity contribution < 1.29 is 4.39 Å². The van der Waals surface area contributed by atoms with Crippen molar-refractivity contribution in [3.8, 4) is 0 Å². The lowest BCUT2D eigenvalue weighted by atomic mass is 10.1. The van der Waals surface area contributed by atoms with E-state index in [9.17, 15) is 4.39 Å². The summed E-state index contributed by atoms with van der Waals surface area (Å²) in [5, 5.41) is 3.89. The second-order valence-corrected chi connectivity index (χ2v) is 5.42. The molecule has 90 valence electrons. The van der Waals surface area contributed by atoms with E-state index in [0.29, 0.717) is 5.25 Å². The molecular formula is C13H20FNS. The van der Waals surface area contributed by atoms with Gasteiger partial charge in [-0.2, -0.15) is 11.8 Å². The lowest BCUT2D eigenvalue weighted by molar-refractivity contribution is 0.611. The van der Waals surface area contributed by atoms with Gasteiger partial charge in [-0.1, -0.05) is 26.0 Å². The Morgan fingerprint density at radius 2 is 2.19 bits per heavy atom. The molecule has 0 aliphatic rings. The predicted molar refractivity (Wildman–Crippen MR) is 70.4 cm³/mol. The molecule has 0 aliphatic carbocycles. The Hall–Kier alpha value is -0.540. The largest absolute Gasteiger partial charge is 0.312 e. The minimum Gasteiger partial charge on any atom is -0.312 e. The van der Waals surface area contributed by atoms with E-state index in [0.717, 1.165) is 11.3 Å². The zero-order valence-electron chi connectivity index (χ0n) is 10.2. The van der Waals surface area contributed by atoms with E-state index >= 15 is 0 Å². The van der Waals surface area contributed by atoms with Crippen LogP contribution in [0.4, 0.5) is 4.39 Å². The number of nitrogens with one attached hydrogen (secondary N) is 1. The number of hydrogen-bond acceptors (Lipinski definition) is 2. The molecule has 0 amide bonds. The minimum absolute atomic E-state index is 0.161. The molecule has 0 heterocycles. The Kier molecular flexibility index (Phi) is 5.85. The van der Waals surface area contributed by atoms with Crippen LogP contribution in [0.25, 0.3) is 0 Å². The number of benzene rings is 1. The molecule has 0 fully saturated rings. The fraction of sp³-hybridized carbons (Fsp3) is 0.538. The maximum atomic E-state index is 13.1. The van der Waals surface area contributed by atoms with Crippen molar-refractivity contribution >= 4 is 11.8 Å². The summed E-state index contributed by atoms with van der Waals surface area (Å²) >= 11 is 1.92. The topological polar surface area (TPSA) is 12.0 Å². The van der Waals surface area contributed by atoms with Crippen molar-refractivity contribution in [3.05, 3.63) is 35.6 Å². The molecule has 0 aromatic heterocycles. The summed E-state index contributed by atoms with van der Waals surface area (Å²) in [5.74, 6) is 0.820. The molecule has 0 bridgehead atoms. The van der Waals surface area contributed by atoms with E-state index in [4.69, 9.17) is 0 Å². The van der Waals surface area contributed by atoms with Crippen LogP contribution in [-0.4, -0.2) is 18.1 Å². The Labute approximate surface area is 102 Å². The lowest BCUT2D eigenvalue weighted by Gasteiger charge is -2.18. The van der Waals surface area contributed by atoms with Gasteiger partial charge in [0.05, 0.1) is 0 Å². The maximum Gasteiger partial charge on any atom is 0.123 e. The van der Waals surface area contributed by atoms with Crippen LogP contribution in [0.3, 0.4) is 0 Å². The molecule has 1 nitrogen and oxygen atoms in total. The van der Waals surface area contributed by atoms with Gasteiger partial charge in [0.1, 0.15) is 5.82 Å². The molecule has 0 aliphatic heterocycles. The van der Waals surface area contributed by atoms with Crippen molar-refractivity contribution in [2.45, 2.75) is 31.6 Å². The van der Waals surface area contributed by atoms with Gasteiger partial charge < -0.3 is 5.32 Å². The summed E-state index contributed by atoms with van der Waals surface area (Å²) in [6.07, 6.45) is 1.17. The predicted octanol–water partition coefficient (Wildman–Crippen LogP) is 3.62. The maximum absolute atomic E-state index is 13.1. The summed E-state index contributed by atoms with van der Waals surface area (Å²) in [4.78, 5) is 0. The molecule has 1 aromatic rings. The van der Waals surface area contributed by atoms with Crippen molar-refractivity contribution in [2.75, 3.05) is 12.8 Å². The molecule has 0 spiro atoms. The van der Waals surface area contributed by atoms with Crippen molar-refractivity contribution in [1.82, 2.24) is 5.32 Å². The van der Waals surface area contributed by atoms with Crippen molar-refractivity contribution in [3.63, 3.8) is 0 Å². The number of hydrogen-bond donors (Lipinski definition) is 1. The van der Waals surface area contributed by atoms with Crippen LogP contribution in [0.5, 0.6) is 0 Å². The third-order valence-electron chi connectivity index (χ3n) is 2.72. The van der Waals surface area contributed by atoms with Crippen LogP contribution in [0.1, 0.15) is 31.9 Å². The first-order chi connectivity index (χ1) is 7.67. The van der Waals surface area contributed by atoms with Gasteiger partial charge in [0.15, 0.2) is 0 Å². The molecule has 0 saturated heterocycles. The number of thioether (sulfide) groups is 1. The van der Waals surface area contributed by atoms with E-state index in [1.54, 1.807) is 12.1 Å². The normalized spacial score (nSPS) is 14.8. The van der Waals surface area contributed by atoms with Crippen molar-refractivity contribution in [1.29, 1.82) is 0 Å². The highest BCUT2D eigenvalue weighted by molar-refractivity contribution is 7.99. The van der Waals surface area contributed by atoms with Gasteiger partial charge in [0.2, 0.25) is 0 Å². The van der Waals surface area contributed by atoms with Crippen LogP contribution < -0.4 is 5.32 Å². The second kappa shape index (κ2) is 6.92. The Bertz CT molecular complexity index is 317. The van der Waals surface area contributed by atoms with Gasteiger partial charge >= 0.3 is 0 Å². The molecule has 2 atom stereocenters. The van der Waals surface area contributed by atoms with Crippen LogP contribution >= 0.6 is 11.8 Å². The molecular weight excluding hydrogens is 221 g/mol. The molecule has 3 heteroatoms. The molecule has 2 unspecified atom stereocenters. The van der Waals surface area contributed by atoms with E-state index in [2.05, 4.69) is 19.2 Å².